The molecule has 31 heavy (non-hydrogen) atoms. The molecule has 3 aromatic rings. The largest absolute Gasteiger partial charge is 0.488 e. The van der Waals surface area contributed by atoms with Gasteiger partial charge in [-0.25, -0.2) is 14.4 Å². The van der Waals surface area contributed by atoms with Gasteiger partial charge in [0, 0.05) is 42.6 Å². The zero-order chi connectivity index (χ0) is 21.6. The van der Waals surface area contributed by atoms with Gasteiger partial charge in [-0.3, -0.25) is 9.88 Å². The third-order valence-electron chi connectivity index (χ3n) is 4.95. The molecule has 9 heteroatoms. The van der Waals surface area contributed by atoms with E-state index < -0.39 is 5.82 Å². The maximum Gasteiger partial charge on any atom is 0.164 e. The molecule has 0 atom stereocenters. The molecule has 1 aliphatic heterocycles. The molecule has 1 aliphatic rings. The van der Waals surface area contributed by atoms with Gasteiger partial charge in [0.05, 0.1) is 30.7 Å². The van der Waals surface area contributed by atoms with Crippen LogP contribution >= 0.6 is 11.6 Å². The van der Waals surface area contributed by atoms with Gasteiger partial charge in [-0.2, -0.15) is 0 Å². The summed E-state index contributed by atoms with van der Waals surface area (Å²) in [5.41, 5.74) is 1.77. The fourth-order valence-corrected chi connectivity index (χ4v) is 3.37. The number of hydrogen-bond acceptors (Lipinski definition) is 7. The van der Waals surface area contributed by atoms with E-state index in [0.29, 0.717) is 23.2 Å². The highest BCUT2D eigenvalue weighted by Gasteiger charge is 2.14. The molecule has 1 fully saturated rings. The van der Waals surface area contributed by atoms with Crippen LogP contribution in [0.1, 0.15) is 5.56 Å². The molecule has 2 aromatic heterocycles. The Morgan fingerprint density at radius 2 is 2.06 bits per heavy atom. The summed E-state index contributed by atoms with van der Waals surface area (Å²) in [5.74, 6) is 0.977. The first-order chi connectivity index (χ1) is 15.1. The van der Waals surface area contributed by atoms with Crippen LogP contribution in [0.25, 0.3) is 11.4 Å². The Morgan fingerprint density at radius 3 is 2.90 bits per heavy atom. The number of halogens is 2. The second kappa shape index (κ2) is 10.00. The maximum atomic E-state index is 14.3. The van der Waals surface area contributed by atoms with Crippen LogP contribution in [0.4, 0.5) is 15.9 Å². The number of pyridine rings is 1. The number of benzene rings is 1. The predicted molar refractivity (Wildman–Crippen MR) is 117 cm³/mol. The van der Waals surface area contributed by atoms with Gasteiger partial charge in [0.2, 0.25) is 0 Å². The fraction of sp³-hybridized carbons (Fsp3) is 0.318. The number of ether oxygens (including phenoxy) is 2. The van der Waals surface area contributed by atoms with Crippen LogP contribution in [0.5, 0.6) is 5.75 Å². The summed E-state index contributed by atoms with van der Waals surface area (Å²) >= 11 is 6.02. The van der Waals surface area contributed by atoms with Crippen LogP contribution in [0.3, 0.4) is 0 Å². The Morgan fingerprint density at radius 1 is 1.23 bits per heavy atom. The first-order valence-corrected chi connectivity index (χ1v) is 10.4. The van der Waals surface area contributed by atoms with Crippen LogP contribution in [0.15, 0.2) is 42.9 Å². The number of anilines is 2. The molecule has 3 heterocycles. The number of aromatic nitrogens is 3. The highest BCUT2D eigenvalue weighted by atomic mass is 35.5. The highest BCUT2D eigenvalue weighted by molar-refractivity contribution is 6.30. The van der Waals surface area contributed by atoms with Crippen LogP contribution in [0, 0.1) is 12.7 Å². The summed E-state index contributed by atoms with van der Waals surface area (Å²) in [6.07, 6.45) is 4.98. The lowest BCUT2D eigenvalue weighted by Gasteiger charge is -2.26. The van der Waals surface area contributed by atoms with Crippen molar-refractivity contribution in [2.45, 2.75) is 6.92 Å². The Labute approximate surface area is 185 Å². The highest BCUT2D eigenvalue weighted by Crippen LogP contribution is 2.29. The smallest absolute Gasteiger partial charge is 0.164 e. The Bertz CT molecular complexity index is 1050. The van der Waals surface area contributed by atoms with E-state index in [-0.39, 0.29) is 11.4 Å². The summed E-state index contributed by atoms with van der Waals surface area (Å²) in [6.45, 7) is 6.53. The summed E-state index contributed by atoms with van der Waals surface area (Å²) < 4.78 is 25.6. The average Bonchev–Trinajstić information content (AvgIpc) is 2.79. The van der Waals surface area contributed by atoms with E-state index in [9.17, 15) is 4.39 Å². The fourth-order valence-electron chi connectivity index (χ4n) is 3.20. The molecule has 1 aromatic carbocycles. The summed E-state index contributed by atoms with van der Waals surface area (Å²) in [4.78, 5) is 15.2. The molecule has 4 rings (SSSR count). The molecule has 162 valence electrons. The second-order valence-corrected chi connectivity index (χ2v) is 7.59. The van der Waals surface area contributed by atoms with Gasteiger partial charge in [0.15, 0.2) is 11.6 Å². The van der Waals surface area contributed by atoms with Gasteiger partial charge in [-0.1, -0.05) is 11.6 Å². The van der Waals surface area contributed by atoms with Gasteiger partial charge in [-0.05, 0) is 31.2 Å². The Hall–Kier alpha value is -2.81. The monoisotopic (exact) mass is 443 g/mol. The van der Waals surface area contributed by atoms with E-state index in [1.54, 1.807) is 18.6 Å². The standard InChI is InChI=1S/C22H23ClFN5O2/c1-15-13-26-22(17-12-16(23)2-3-18(17)24)28-21(15)27-19-4-5-25-14-20(19)31-11-8-29-6-9-30-10-7-29/h2-5,12-14H,6-11H2,1H3,(H,25,26,27,28). The van der Waals surface area contributed by atoms with Crippen molar-refractivity contribution in [3.63, 3.8) is 0 Å². The SMILES string of the molecule is Cc1cnc(-c2cc(Cl)ccc2F)nc1Nc1ccncc1OCCN1CCOCC1. The van der Waals surface area contributed by atoms with Gasteiger partial charge < -0.3 is 14.8 Å². The van der Waals surface area contributed by atoms with Crippen molar-refractivity contribution in [3.8, 4) is 17.1 Å². The van der Waals surface area contributed by atoms with E-state index in [1.807, 2.05) is 13.0 Å². The molecule has 1 saturated heterocycles. The van der Waals surface area contributed by atoms with Crippen LogP contribution < -0.4 is 10.1 Å². The number of morpholine rings is 1. The minimum Gasteiger partial charge on any atom is -0.488 e. The van der Waals surface area contributed by atoms with Crippen molar-refractivity contribution in [1.82, 2.24) is 19.9 Å². The summed E-state index contributed by atoms with van der Waals surface area (Å²) in [6, 6.07) is 6.12. The van der Waals surface area contributed by atoms with Crippen molar-refractivity contribution >= 4 is 23.1 Å². The zero-order valence-corrected chi connectivity index (χ0v) is 17.9. The molecule has 0 saturated carbocycles. The lowest BCUT2D eigenvalue weighted by atomic mass is 10.2. The van der Waals surface area contributed by atoms with Crippen molar-refractivity contribution in [1.29, 1.82) is 0 Å². The molecule has 0 spiro atoms. The third kappa shape index (κ3) is 5.46. The average molecular weight is 444 g/mol. The molecule has 0 amide bonds. The number of nitrogens with one attached hydrogen (secondary N) is 1. The van der Waals surface area contributed by atoms with E-state index in [1.165, 1.54) is 18.2 Å². The first kappa shape index (κ1) is 21.4. The van der Waals surface area contributed by atoms with Crippen LogP contribution in [-0.2, 0) is 4.74 Å². The molecule has 0 bridgehead atoms. The van der Waals surface area contributed by atoms with E-state index in [2.05, 4.69) is 25.2 Å². The van der Waals surface area contributed by atoms with Crippen molar-refractivity contribution in [2.24, 2.45) is 0 Å². The maximum absolute atomic E-state index is 14.3. The van der Waals surface area contributed by atoms with Gasteiger partial charge in [0.1, 0.15) is 18.2 Å². The number of hydrogen-bond donors (Lipinski definition) is 1. The van der Waals surface area contributed by atoms with E-state index in [4.69, 9.17) is 21.1 Å². The minimum atomic E-state index is -0.435. The first-order valence-electron chi connectivity index (χ1n) is 10.0. The number of nitrogens with zero attached hydrogens (tertiary/aromatic N) is 4. The van der Waals surface area contributed by atoms with Crippen LogP contribution in [-0.4, -0.2) is 59.3 Å². The number of aryl methyl sites for hydroxylation is 1. The second-order valence-electron chi connectivity index (χ2n) is 7.15. The Balaban J connectivity index is 1.50. The van der Waals surface area contributed by atoms with Gasteiger partial charge >= 0.3 is 0 Å². The van der Waals surface area contributed by atoms with E-state index in [0.717, 1.165) is 44.1 Å². The van der Waals surface area contributed by atoms with Crippen molar-refractivity contribution < 1.29 is 13.9 Å². The Kier molecular flexibility index (Phi) is 6.91. The molecule has 0 aliphatic carbocycles. The third-order valence-corrected chi connectivity index (χ3v) is 5.18. The molecular formula is C22H23ClFN5O2. The predicted octanol–water partition coefficient (Wildman–Crippen LogP) is 4.09. The minimum absolute atomic E-state index is 0.243. The van der Waals surface area contributed by atoms with E-state index >= 15 is 0 Å². The van der Waals surface area contributed by atoms with Gasteiger partial charge in [-0.15, -0.1) is 0 Å². The lowest BCUT2D eigenvalue weighted by molar-refractivity contribution is 0.0323. The summed E-state index contributed by atoms with van der Waals surface area (Å²) in [7, 11) is 0. The van der Waals surface area contributed by atoms with Crippen molar-refractivity contribution in [3.05, 3.63) is 59.3 Å². The lowest BCUT2D eigenvalue weighted by Crippen LogP contribution is -2.38. The normalized spacial score (nSPS) is 14.4. The zero-order valence-electron chi connectivity index (χ0n) is 17.1. The number of rotatable bonds is 7. The topological polar surface area (TPSA) is 72.4 Å². The van der Waals surface area contributed by atoms with Gasteiger partial charge in [0.25, 0.3) is 0 Å². The summed E-state index contributed by atoms with van der Waals surface area (Å²) in [5, 5.41) is 3.69. The molecular weight excluding hydrogens is 421 g/mol. The van der Waals surface area contributed by atoms with Crippen LogP contribution in [0.2, 0.25) is 5.02 Å². The molecule has 0 radical (unpaired) electrons. The molecule has 1 N–H and O–H groups in total. The molecule has 0 unspecified atom stereocenters. The van der Waals surface area contributed by atoms with Crippen molar-refractivity contribution in [2.75, 3.05) is 44.8 Å². The quantitative estimate of drug-likeness (QED) is 0.589. The molecule has 7 nitrogen and oxygen atoms in total.